The van der Waals surface area contributed by atoms with Crippen molar-refractivity contribution in [3.05, 3.63) is 64.6 Å². The van der Waals surface area contributed by atoms with E-state index in [4.69, 9.17) is 0 Å². The first-order valence-electron chi connectivity index (χ1n) is 9.17. The van der Waals surface area contributed by atoms with Crippen molar-refractivity contribution in [3.8, 4) is 0 Å². The minimum Gasteiger partial charge on any atom is -0.325 e. The number of carbonyl (C=O) groups excluding carboxylic acids is 1. The van der Waals surface area contributed by atoms with E-state index in [1.54, 1.807) is 0 Å². The molecule has 0 radical (unpaired) electrons. The number of amides is 1. The number of nitrogens with zero attached hydrogens (tertiary/aromatic N) is 2. The Morgan fingerprint density at radius 3 is 2.25 bits per heavy atom. The summed E-state index contributed by atoms with van der Waals surface area (Å²) in [5, 5.41) is 2.91. The summed E-state index contributed by atoms with van der Waals surface area (Å²) in [6.45, 7) is 3.70. The molecular weight excluding hydrogens is 442 g/mol. The standard InChI is InChI=1S/C20H24BrN3O3S/c1-16(20(25)22-19-9-7-18(21)8-10-19)23-11-13-24(14-12-23)28(26,27)15-17-5-3-2-4-6-17/h2-10,16H,11-15H2,1H3,(H,22,25)/t16-/m1/s1. The van der Waals surface area contributed by atoms with Gasteiger partial charge in [-0.25, -0.2) is 8.42 Å². The highest BCUT2D eigenvalue weighted by molar-refractivity contribution is 9.10. The molecule has 1 atom stereocenters. The monoisotopic (exact) mass is 465 g/mol. The Bertz CT molecular complexity index is 896. The molecule has 1 amide bonds. The zero-order chi connectivity index (χ0) is 20.1. The highest BCUT2D eigenvalue weighted by Crippen LogP contribution is 2.17. The van der Waals surface area contributed by atoms with Crippen molar-refractivity contribution in [2.45, 2.75) is 18.7 Å². The van der Waals surface area contributed by atoms with E-state index < -0.39 is 10.0 Å². The summed E-state index contributed by atoms with van der Waals surface area (Å²) in [5.41, 5.74) is 1.52. The van der Waals surface area contributed by atoms with Gasteiger partial charge in [-0.1, -0.05) is 46.3 Å². The van der Waals surface area contributed by atoms with Crippen molar-refractivity contribution in [1.82, 2.24) is 9.21 Å². The maximum atomic E-state index is 12.7. The number of hydrogen-bond acceptors (Lipinski definition) is 4. The van der Waals surface area contributed by atoms with Crippen LogP contribution in [0, 0.1) is 0 Å². The van der Waals surface area contributed by atoms with Gasteiger partial charge in [0.25, 0.3) is 0 Å². The van der Waals surface area contributed by atoms with Gasteiger partial charge in [0.1, 0.15) is 0 Å². The van der Waals surface area contributed by atoms with E-state index >= 15 is 0 Å². The number of benzene rings is 2. The molecule has 0 unspecified atom stereocenters. The Morgan fingerprint density at radius 2 is 1.64 bits per heavy atom. The molecule has 0 spiro atoms. The van der Waals surface area contributed by atoms with Crippen molar-refractivity contribution in [1.29, 1.82) is 0 Å². The third kappa shape index (κ3) is 5.41. The van der Waals surface area contributed by atoms with Crippen LogP contribution >= 0.6 is 15.9 Å². The Hall–Kier alpha value is -1.74. The number of halogens is 1. The van der Waals surface area contributed by atoms with E-state index in [1.807, 2.05) is 66.4 Å². The number of rotatable bonds is 6. The predicted octanol–water partition coefficient (Wildman–Crippen LogP) is 2.92. The molecule has 28 heavy (non-hydrogen) atoms. The fourth-order valence-electron chi connectivity index (χ4n) is 3.19. The summed E-state index contributed by atoms with van der Waals surface area (Å²) in [5.74, 6) is -0.0871. The smallest absolute Gasteiger partial charge is 0.241 e. The summed E-state index contributed by atoms with van der Waals surface area (Å²) >= 11 is 3.37. The molecule has 1 fully saturated rings. The van der Waals surface area contributed by atoms with Gasteiger partial charge in [-0.2, -0.15) is 4.31 Å². The SMILES string of the molecule is C[C@H](C(=O)Nc1ccc(Br)cc1)N1CCN(S(=O)(=O)Cc2ccccc2)CC1. The van der Waals surface area contributed by atoms with Gasteiger partial charge in [0, 0.05) is 36.3 Å². The van der Waals surface area contributed by atoms with Crippen molar-refractivity contribution in [2.24, 2.45) is 0 Å². The van der Waals surface area contributed by atoms with Crippen LogP contribution in [-0.4, -0.2) is 55.8 Å². The Kier molecular flexibility index (Phi) is 6.87. The first-order chi connectivity index (χ1) is 13.3. The molecule has 0 bridgehead atoms. The summed E-state index contributed by atoms with van der Waals surface area (Å²) in [6, 6.07) is 16.3. The van der Waals surface area contributed by atoms with Crippen LogP contribution in [0.15, 0.2) is 59.1 Å². The largest absolute Gasteiger partial charge is 0.325 e. The van der Waals surface area contributed by atoms with E-state index in [-0.39, 0.29) is 17.7 Å². The van der Waals surface area contributed by atoms with Crippen molar-refractivity contribution >= 4 is 37.5 Å². The summed E-state index contributed by atoms with van der Waals surface area (Å²) in [6.07, 6.45) is 0. The molecule has 1 saturated heterocycles. The maximum Gasteiger partial charge on any atom is 0.241 e. The molecule has 1 N–H and O–H groups in total. The summed E-state index contributed by atoms with van der Waals surface area (Å²) in [7, 11) is -3.36. The Balaban J connectivity index is 1.53. The zero-order valence-electron chi connectivity index (χ0n) is 15.7. The fourth-order valence-corrected chi connectivity index (χ4v) is 4.97. The molecule has 1 heterocycles. The third-order valence-corrected chi connectivity index (χ3v) is 7.28. The number of nitrogens with one attached hydrogen (secondary N) is 1. The van der Waals surface area contributed by atoms with Crippen LogP contribution < -0.4 is 5.32 Å². The Labute approximate surface area is 174 Å². The average Bonchev–Trinajstić information content (AvgIpc) is 2.69. The molecule has 1 aliphatic heterocycles. The topological polar surface area (TPSA) is 69.7 Å². The molecule has 0 aliphatic carbocycles. The van der Waals surface area contributed by atoms with Gasteiger partial charge in [0.05, 0.1) is 11.8 Å². The van der Waals surface area contributed by atoms with Gasteiger partial charge < -0.3 is 5.32 Å². The van der Waals surface area contributed by atoms with E-state index in [2.05, 4.69) is 21.2 Å². The van der Waals surface area contributed by atoms with Crippen molar-refractivity contribution in [3.63, 3.8) is 0 Å². The lowest BCUT2D eigenvalue weighted by atomic mass is 10.2. The lowest BCUT2D eigenvalue weighted by Crippen LogP contribution is -2.54. The number of hydrogen-bond donors (Lipinski definition) is 1. The Morgan fingerprint density at radius 1 is 1.04 bits per heavy atom. The van der Waals surface area contributed by atoms with Gasteiger partial charge in [-0.3, -0.25) is 9.69 Å². The van der Waals surface area contributed by atoms with Crippen LogP contribution in [0.25, 0.3) is 0 Å². The van der Waals surface area contributed by atoms with Gasteiger partial charge in [-0.05, 0) is 36.8 Å². The van der Waals surface area contributed by atoms with Gasteiger partial charge in [-0.15, -0.1) is 0 Å². The number of anilines is 1. The minimum atomic E-state index is -3.36. The lowest BCUT2D eigenvalue weighted by Gasteiger charge is -2.36. The van der Waals surface area contributed by atoms with Gasteiger partial charge in [0.2, 0.25) is 15.9 Å². The van der Waals surface area contributed by atoms with Crippen LogP contribution in [0.4, 0.5) is 5.69 Å². The average molecular weight is 466 g/mol. The third-order valence-electron chi connectivity index (χ3n) is 4.90. The molecule has 0 aromatic heterocycles. The minimum absolute atomic E-state index is 0.00739. The van der Waals surface area contributed by atoms with Crippen molar-refractivity contribution < 1.29 is 13.2 Å². The predicted molar refractivity (Wildman–Crippen MR) is 114 cm³/mol. The fraction of sp³-hybridized carbons (Fsp3) is 0.350. The lowest BCUT2D eigenvalue weighted by molar-refractivity contribution is -0.121. The van der Waals surface area contributed by atoms with Gasteiger partial charge in [0.15, 0.2) is 0 Å². The number of carbonyl (C=O) groups is 1. The molecule has 3 rings (SSSR count). The number of piperazine rings is 1. The van der Waals surface area contributed by atoms with E-state index in [9.17, 15) is 13.2 Å². The van der Waals surface area contributed by atoms with E-state index in [1.165, 1.54) is 4.31 Å². The molecule has 2 aromatic carbocycles. The second-order valence-electron chi connectivity index (χ2n) is 6.85. The molecular formula is C20H24BrN3O3S. The van der Waals surface area contributed by atoms with Crippen LogP contribution in [0.3, 0.4) is 0 Å². The highest BCUT2D eigenvalue weighted by atomic mass is 79.9. The van der Waals surface area contributed by atoms with E-state index in [0.717, 1.165) is 15.7 Å². The van der Waals surface area contributed by atoms with Crippen LogP contribution in [0.5, 0.6) is 0 Å². The summed E-state index contributed by atoms with van der Waals surface area (Å²) in [4.78, 5) is 14.5. The molecule has 8 heteroatoms. The van der Waals surface area contributed by atoms with Crippen LogP contribution in [0.2, 0.25) is 0 Å². The maximum absolute atomic E-state index is 12.7. The van der Waals surface area contributed by atoms with Crippen molar-refractivity contribution in [2.75, 3.05) is 31.5 Å². The number of sulfonamides is 1. The zero-order valence-corrected chi connectivity index (χ0v) is 18.1. The van der Waals surface area contributed by atoms with Crippen LogP contribution in [0.1, 0.15) is 12.5 Å². The molecule has 0 saturated carbocycles. The van der Waals surface area contributed by atoms with Crippen LogP contribution in [-0.2, 0) is 20.6 Å². The molecule has 150 valence electrons. The normalized spacial score (nSPS) is 17.2. The first-order valence-corrected chi connectivity index (χ1v) is 11.6. The highest BCUT2D eigenvalue weighted by Gasteiger charge is 2.30. The second kappa shape index (κ2) is 9.17. The van der Waals surface area contributed by atoms with E-state index in [0.29, 0.717) is 26.2 Å². The summed E-state index contributed by atoms with van der Waals surface area (Å²) < 4.78 is 27.8. The quantitative estimate of drug-likeness (QED) is 0.711. The van der Waals surface area contributed by atoms with Gasteiger partial charge >= 0.3 is 0 Å². The second-order valence-corrected chi connectivity index (χ2v) is 9.73. The molecule has 1 aliphatic rings. The molecule has 2 aromatic rings. The molecule has 6 nitrogen and oxygen atoms in total. The first kappa shape index (κ1) is 21.0.